The van der Waals surface area contributed by atoms with Crippen LogP contribution in [-0.2, 0) is 0 Å². The lowest BCUT2D eigenvalue weighted by Crippen LogP contribution is -2.63. The molecule has 0 amide bonds. The van der Waals surface area contributed by atoms with E-state index < -0.39 is 11.8 Å². The van der Waals surface area contributed by atoms with E-state index in [-0.39, 0.29) is 12.1 Å². The van der Waals surface area contributed by atoms with Gasteiger partial charge in [0.1, 0.15) is 0 Å². The number of hydrogen-bond acceptors (Lipinski definition) is 4. The number of aliphatic hydroxyl groups excluding tert-OH is 2. The highest BCUT2D eigenvalue weighted by Gasteiger charge is 2.41. The number of nitrogens with one attached hydrogen (secondary N) is 1. The minimum absolute atomic E-state index is 0.0766. The van der Waals surface area contributed by atoms with Crippen LogP contribution in [0.1, 0.15) is 38.5 Å². The molecule has 0 spiro atoms. The van der Waals surface area contributed by atoms with Gasteiger partial charge in [-0.3, -0.25) is 5.32 Å². The molecule has 2 aliphatic rings. The quantitative estimate of drug-likeness (QED) is 0.461. The summed E-state index contributed by atoms with van der Waals surface area (Å²) in [5, 5.41) is 22.6. The SMILES string of the molecule is NC1(N[C@@H]2CCC[C@H]2O)CCCC1O. The van der Waals surface area contributed by atoms with E-state index in [1.807, 2.05) is 0 Å². The molecule has 0 aliphatic heterocycles. The summed E-state index contributed by atoms with van der Waals surface area (Å²) >= 11 is 0. The lowest BCUT2D eigenvalue weighted by Gasteiger charge is -2.33. The summed E-state index contributed by atoms with van der Waals surface area (Å²) in [4.78, 5) is 0. The molecule has 4 nitrogen and oxygen atoms in total. The minimum atomic E-state index is -0.657. The van der Waals surface area contributed by atoms with E-state index in [0.29, 0.717) is 0 Å². The van der Waals surface area contributed by atoms with Crippen molar-refractivity contribution in [1.29, 1.82) is 0 Å². The number of aliphatic hydroxyl groups is 2. The summed E-state index contributed by atoms with van der Waals surface area (Å²) < 4.78 is 0. The highest BCUT2D eigenvalue weighted by molar-refractivity contribution is 4.99. The van der Waals surface area contributed by atoms with Gasteiger partial charge < -0.3 is 15.9 Å². The van der Waals surface area contributed by atoms with Crippen molar-refractivity contribution in [1.82, 2.24) is 5.32 Å². The smallest absolute Gasteiger partial charge is 0.0931 e. The summed E-state index contributed by atoms with van der Waals surface area (Å²) in [6, 6.07) is 0.0766. The highest BCUT2D eigenvalue weighted by atomic mass is 16.3. The zero-order valence-corrected chi connectivity index (χ0v) is 8.45. The van der Waals surface area contributed by atoms with Crippen molar-refractivity contribution in [3.8, 4) is 0 Å². The third kappa shape index (κ3) is 1.80. The van der Waals surface area contributed by atoms with Crippen LogP contribution in [0.15, 0.2) is 0 Å². The Bertz CT molecular complexity index is 212. The molecule has 0 aromatic rings. The lowest BCUT2D eigenvalue weighted by molar-refractivity contribution is 0.0582. The predicted octanol–water partition coefficient (Wildman–Crippen LogP) is -0.311. The number of rotatable bonds is 2. The summed E-state index contributed by atoms with van der Waals surface area (Å²) in [5.74, 6) is 0. The van der Waals surface area contributed by atoms with Crippen LogP contribution in [-0.4, -0.2) is 34.1 Å². The Hall–Kier alpha value is -0.160. The van der Waals surface area contributed by atoms with Crippen molar-refractivity contribution >= 4 is 0 Å². The average molecular weight is 200 g/mol. The van der Waals surface area contributed by atoms with Crippen molar-refractivity contribution < 1.29 is 10.2 Å². The van der Waals surface area contributed by atoms with Gasteiger partial charge in [-0.1, -0.05) is 0 Å². The van der Waals surface area contributed by atoms with E-state index in [0.717, 1.165) is 38.5 Å². The average Bonchev–Trinajstić information content (AvgIpc) is 2.64. The first-order valence-corrected chi connectivity index (χ1v) is 5.54. The monoisotopic (exact) mass is 200 g/mol. The van der Waals surface area contributed by atoms with Crippen LogP contribution in [0.5, 0.6) is 0 Å². The summed E-state index contributed by atoms with van der Waals surface area (Å²) in [5.41, 5.74) is 5.42. The number of nitrogens with two attached hydrogens (primary N) is 1. The molecule has 0 aromatic carbocycles. The molecule has 0 heterocycles. The second kappa shape index (κ2) is 3.77. The van der Waals surface area contributed by atoms with Crippen LogP contribution in [0.2, 0.25) is 0 Å². The van der Waals surface area contributed by atoms with Crippen molar-refractivity contribution in [2.45, 2.75) is 62.4 Å². The van der Waals surface area contributed by atoms with Crippen LogP contribution < -0.4 is 11.1 Å². The van der Waals surface area contributed by atoms with E-state index in [9.17, 15) is 10.2 Å². The zero-order valence-electron chi connectivity index (χ0n) is 8.45. The minimum Gasteiger partial charge on any atom is -0.392 e. The van der Waals surface area contributed by atoms with Crippen LogP contribution >= 0.6 is 0 Å². The van der Waals surface area contributed by atoms with Crippen LogP contribution in [0.4, 0.5) is 0 Å². The molecule has 2 aliphatic carbocycles. The van der Waals surface area contributed by atoms with Gasteiger partial charge in [0.15, 0.2) is 0 Å². The van der Waals surface area contributed by atoms with Gasteiger partial charge in [0.25, 0.3) is 0 Å². The molecule has 4 atom stereocenters. The van der Waals surface area contributed by atoms with Crippen molar-refractivity contribution in [2.75, 3.05) is 0 Å². The molecule has 0 saturated heterocycles. The van der Waals surface area contributed by atoms with Crippen molar-refractivity contribution in [3.05, 3.63) is 0 Å². The molecule has 5 N–H and O–H groups in total. The molecule has 2 fully saturated rings. The molecule has 0 radical (unpaired) electrons. The molecule has 14 heavy (non-hydrogen) atoms. The van der Waals surface area contributed by atoms with Crippen molar-refractivity contribution in [3.63, 3.8) is 0 Å². The summed E-state index contributed by atoms with van der Waals surface area (Å²) in [6.07, 6.45) is 4.65. The first-order chi connectivity index (χ1) is 6.62. The second-order valence-electron chi connectivity index (χ2n) is 4.70. The van der Waals surface area contributed by atoms with E-state index in [2.05, 4.69) is 5.32 Å². The molecule has 0 bridgehead atoms. The molecule has 2 saturated carbocycles. The second-order valence-corrected chi connectivity index (χ2v) is 4.70. The van der Waals surface area contributed by atoms with Gasteiger partial charge in [-0.2, -0.15) is 0 Å². The Morgan fingerprint density at radius 1 is 1.14 bits per heavy atom. The fourth-order valence-corrected chi connectivity index (χ4v) is 2.63. The Labute approximate surface area is 84.5 Å². The van der Waals surface area contributed by atoms with Gasteiger partial charge in [-0.25, -0.2) is 0 Å². The van der Waals surface area contributed by atoms with Gasteiger partial charge in [-0.05, 0) is 38.5 Å². The Balaban J connectivity index is 1.95. The van der Waals surface area contributed by atoms with E-state index in [4.69, 9.17) is 5.73 Å². The largest absolute Gasteiger partial charge is 0.392 e. The van der Waals surface area contributed by atoms with Gasteiger partial charge in [0.05, 0.1) is 17.9 Å². The van der Waals surface area contributed by atoms with Crippen LogP contribution in [0.3, 0.4) is 0 Å². The maximum atomic E-state index is 9.73. The molecule has 82 valence electrons. The van der Waals surface area contributed by atoms with E-state index in [1.54, 1.807) is 0 Å². The van der Waals surface area contributed by atoms with E-state index in [1.165, 1.54) is 0 Å². The molecular weight excluding hydrogens is 180 g/mol. The van der Waals surface area contributed by atoms with Gasteiger partial charge in [0, 0.05) is 6.04 Å². The zero-order chi connectivity index (χ0) is 10.2. The Kier molecular flexibility index (Phi) is 2.79. The fourth-order valence-electron chi connectivity index (χ4n) is 2.63. The Morgan fingerprint density at radius 2 is 1.93 bits per heavy atom. The van der Waals surface area contributed by atoms with Gasteiger partial charge >= 0.3 is 0 Å². The first-order valence-electron chi connectivity index (χ1n) is 5.54. The topological polar surface area (TPSA) is 78.5 Å². The predicted molar refractivity (Wildman–Crippen MR) is 53.6 cm³/mol. The molecular formula is C10H20N2O2. The molecule has 2 unspecified atom stereocenters. The summed E-state index contributed by atoms with van der Waals surface area (Å²) in [6.45, 7) is 0. The number of hydrogen-bond donors (Lipinski definition) is 4. The van der Waals surface area contributed by atoms with Gasteiger partial charge in [0.2, 0.25) is 0 Å². The standard InChI is InChI=1S/C10H20N2O2/c11-10(6-2-5-9(10)14)12-7-3-1-4-8(7)13/h7-9,12-14H,1-6,11H2/t7-,8-,9?,10?/m1/s1. The van der Waals surface area contributed by atoms with E-state index >= 15 is 0 Å². The molecule has 2 rings (SSSR count). The van der Waals surface area contributed by atoms with Crippen LogP contribution in [0.25, 0.3) is 0 Å². The Morgan fingerprint density at radius 3 is 2.43 bits per heavy atom. The van der Waals surface area contributed by atoms with Crippen molar-refractivity contribution in [2.24, 2.45) is 5.73 Å². The van der Waals surface area contributed by atoms with Gasteiger partial charge in [-0.15, -0.1) is 0 Å². The summed E-state index contributed by atoms with van der Waals surface area (Å²) in [7, 11) is 0. The third-order valence-corrected chi connectivity index (χ3v) is 3.60. The maximum absolute atomic E-state index is 9.73. The molecule has 0 aromatic heterocycles. The third-order valence-electron chi connectivity index (χ3n) is 3.60. The van der Waals surface area contributed by atoms with Crippen LogP contribution in [0, 0.1) is 0 Å². The highest BCUT2D eigenvalue weighted by Crippen LogP contribution is 2.29. The maximum Gasteiger partial charge on any atom is 0.0931 e. The molecule has 4 heteroatoms. The lowest BCUT2D eigenvalue weighted by atomic mass is 10.0. The normalized spacial score (nSPS) is 48.6. The fraction of sp³-hybridized carbons (Fsp3) is 1.00. The first kappa shape index (κ1) is 10.4.